The van der Waals surface area contributed by atoms with Gasteiger partial charge < -0.3 is 39.8 Å². The minimum atomic E-state index is -0.778. The lowest BCUT2D eigenvalue weighted by Crippen LogP contribution is -2.57. The van der Waals surface area contributed by atoms with E-state index in [9.17, 15) is 24.3 Å². The Labute approximate surface area is 306 Å². The van der Waals surface area contributed by atoms with E-state index in [4.69, 9.17) is 9.47 Å². The summed E-state index contributed by atoms with van der Waals surface area (Å²) in [5, 5.41) is 15.6. The summed E-state index contributed by atoms with van der Waals surface area (Å²) in [7, 11) is 0. The molecule has 1 spiro atoms. The van der Waals surface area contributed by atoms with Gasteiger partial charge in [0.25, 0.3) is 5.91 Å². The summed E-state index contributed by atoms with van der Waals surface area (Å²) >= 11 is 0. The minimum Gasteiger partial charge on any atom is -0.392 e. The van der Waals surface area contributed by atoms with Crippen LogP contribution in [0, 0.1) is 5.92 Å². The van der Waals surface area contributed by atoms with Crippen molar-refractivity contribution in [2.24, 2.45) is 5.92 Å². The van der Waals surface area contributed by atoms with Gasteiger partial charge in [-0.2, -0.15) is 0 Å². The van der Waals surface area contributed by atoms with Crippen LogP contribution in [-0.4, -0.2) is 71.7 Å². The molecule has 12 nitrogen and oxygen atoms in total. The number of ether oxygens (including phenoxy) is 3. The number of amides is 2. The second kappa shape index (κ2) is 14.2. The van der Waals surface area contributed by atoms with Gasteiger partial charge in [-0.1, -0.05) is 61.5 Å². The number of aliphatic hydroxyl groups is 1. The molecule has 4 atom stereocenters. The number of cyclic esters (lactones) is 2. The van der Waals surface area contributed by atoms with Crippen molar-refractivity contribution in [3.05, 3.63) is 130 Å². The van der Waals surface area contributed by atoms with E-state index in [0.29, 0.717) is 37.3 Å². The van der Waals surface area contributed by atoms with Crippen molar-refractivity contribution in [1.29, 1.82) is 0 Å². The first-order valence-electron chi connectivity index (χ1n) is 17.9. The molecule has 3 N–H and O–H groups in total. The maximum atomic E-state index is 13.3. The molecule has 4 unspecified atom stereocenters. The number of nitrogens with zero attached hydrogens (tertiary/aromatic N) is 2. The maximum Gasteiger partial charge on any atom is 0.346 e. The largest absolute Gasteiger partial charge is 0.392 e. The zero-order valence-electron chi connectivity index (χ0n) is 29.2. The molecule has 272 valence electrons. The molecular formula is C41H40N4O8. The summed E-state index contributed by atoms with van der Waals surface area (Å²) in [5.74, 6) is -1.93. The second-order valence-corrected chi connectivity index (χ2v) is 14.1. The fraction of sp³-hybridized carbons (Fsp3) is 0.317. The summed E-state index contributed by atoms with van der Waals surface area (Å²) in [5.41, 5.74) is 3.81. The van der Waals surface area contributed by atoms with Gasteiger partial charge in [-0.25, -0.2) is 9.59 Å². The Balaban J connectivity index is 1.01. The van der Waals surface area contributed by atoms with Gasteiger partial charge in [0, 0.05) is 48.1 Å². The summed E-state index contributed by atoms with van der Waals surface area (Å²) in [6.45, 7) is 4.63. The third-order valence-electron chi connectivity index (χ3n) is 11.0. The number of aliphatic hydroxyl groups excluding tert-OH is 1. The summed E-state index contributed by atoms with van der Waals surface area (Å²) in [6, 6.07) is 29.3. The number of hydrogen-bond donors (Lipinski definition) is 3. The van der Waals surface area contributed by atoms with Gasteiger partial charge >= 0.3 is 11.9 Å². The third-order valence-corrected chi connectivity index (χ3v) is 11.0. The summed E-state index contributed by atoms with van der Waals surface area (Å²) in [6.07, 6.45) is 0.0415. The van der Waals surface area contributed by atoms with E-state index in [0.717, 1.165) is 29.9 Å². The van der Waals surface area contributed by atoms with Crippen LogP contribution in [0.5, 0.6) is 0 Å². The minimum absolute atomic E-state index is 0.0426. The number of anilines is 2. The number of nitrogens with one attached hydrogen (secondary N) is 2. The van der Waals surface area contributed by atoms with Gasteiger partial charge in [0.2, 0.25) is 5.91 Å². The molecule has 3 saturated heterocycles. The van der Waals surface area contributed by atoms with Gasteiger partial charge in [0.05, 0.1) is 36.6 Å². The normalized spacial score (nSPS) is 23.8. The van der Waals surface area contributed by atoms with E-state index in [1.165, 1.54) is 18.2 Å². The van der Waals surface area contributed by atoms with Crippen LogP contribution in [0.1, 0.15) is 79.9 Å². The van der Waals surface area contributed by atoms with E-state index in [2.05, 4.69) is 32.1 Å². The summed E-state index contributed by atoms with van der Waals surface area (Å²) in [4.78, 5) is 55.0. The van der Waals surface area contributed by atoms with E-state index in [1.807, 2.05) is 66.7 Å². The van der Waals surface area contributed by atoms with E-state index in [1.54, 1.807) is 12.1 Å². The van der Waals surface area contributed by atoms with Crippen LogP contribution in [0.4, 0.5) is 11.4 Å². The number of benzene rings is 4. The lowest BCUT2D eigenvalue weighted by Gasteiger charge is -2.46. The van der Waals surface area contributed by atoms with Crippen LogP contribution >= 0.6 is 0 Å². The highest BCUT2D eigenvalue weighted by Crippen LogP contribution is 2.43. The Hall–Kier alpha value is -5.40. The molecule has 4 aliphatic rings. The molecule has 53 heavy (non-hydrogen) atoms. The monoisotopic (exact) mass is 716 g/mol. The number of hydrogen-bond acceptors (Lipinski definition) is 10. The second-order valence-electron chi connectivity index (χ2n) is 14.1. The molecule has 4 aromatic rings. The topological polar surface area (TPSA) is 147 Å². The van der Waals surface area contributed by atoms with Crippen LogP contribution < -0.4 is 15.5 Å². The molecule has 4 aliphatic heterocycles. The number of fused-ring (bicyclic) bond motifs is 1. The number of carbonyl (C=O) groups is 4. The lowest BCUT2D eigenvalue weighted by molar-refractivity contribution is -0.276. The Morgan fingerprint density at radius 1 is 0.868 bits per heavy atom. The third kappa shape index (κ3) is 6.59. The number of carbonyl (C=O) groups excluding carboxylic acids is 4. The maximum absolute atomic E-state index is 13.3. The quantitative estimate of drug-likeness (QED) is 0.169. The molecule has 0 radical (unpaired) electrons. The Bertz CT molecular complexity index is 2050. The standard InChI is InChI=1S/C41H40N4O8/c1-25-34(22-44-18-16-41(17-19-44)40(50)42-24-45(41)31-8-3-2-4-9-31)51-39(52-35(25)27-12-10-26(23-46)11-13-27)29-6-5-7-30(20-29)43-36(47)28-14-15-32-33(21-28)38(49)53-37(32)48/h2-15,20-21,25,34-35,39,46H,16-19,22-24H2,1H3,(H,42,50)(H,43,47). The van der Waals surface area contributed by atoms with Crippen LogP contribution in [0.2, 0.25) is 0 Å². The molecule has 0 bridgehead atoms. The van der Waals surface area contributed by atoms with Crippen molar-refractivity contribution >= 4 is 35.1 Å². The van der Waals surface area contributed by atoms with Crippen molar-refractivity contribution in [2.45, 2.75) is 50.4 Å². The molecule has 4 heterocycles. The molecule has 2 amide bonds. The SMILES string of the molecule is CC1C(CN2CCC3(CC2)C(=O)NCN3c2ccccc2)OC(c2cccc(NC(=O)c3ccc4c(c3)C(=O)OC4=O)c2)OC1c1ccc(CO)cc1. The Morgan fingerprint density at radius 3 is 2.38 bits per heavy atom. The molecule has 0 saturated carbocycles. The number of rotatable bonds is 8. The first-order chi connectivity index (χ1) is 25.7. The average molecular weight is 717 g/mol. The van der Waals surface area contributed by atoms with Gasteiger partial charge in [0.15, 0.2) is 6.29 Å². The van der Waals surface area contributed by atoms with Gasteiger partial charge in [-0.3, -0.25) is 9.59 Å². The van der Waals surface area contributed by atoms with Gasteiger partial charge in [-0.15, -0.1) is 0 Å². The molecule has 0 aliphatic carbocycles. The van der Waals surface area contributed by atoms with Gasteiger partial charge in [0.1, 0.15) is 5.54 Å². The molecule has 4 aromatic carbocycles. The fourth-order valence-corrected chi connectivity index (χ4v) is 7.91. The van der Waals surface area contributed by atoms with Crippen LogP contribution in [0.15, 0.2) is 97.1 Å². The molecular weight excluding hydrogens is 676 g/mol. The zero-order chi connectivity index (χ0) is 36.7. The Morgan fingerprint density at radius 2 is 1.62 bits per heavy atom. The number of piperidine rings is 1. The van der Waals surface area contributed by atoms with Crippen molar-refractivity contribution < 1.29 is 38.5 Å². The number of esters is 2. The predicted molar refractivity (Wildman–Crippen MR) is 194 cm³/mol. The van der Waals surface area contributed by atoms with Crippen molar-refractivity contribution in [3.8, 4) is 0 Å². The molecule has 8 rings (SSSR count). The summed E-state index contributed by atoms with van der Waals surface area (Å²) < 4.78 is 18.1. The number of para-hydroxylation sites is 1. The van der Waals surface area contributed by atoms with E-state index < -0.39 is 29.7 Å². The highest BCUT2D eigenvalue weighted by molar-refractivity contribution is 6.16. The highest BCUT2D eigenvalue weighted by atomic mass is 16.7. The van der Waals surface area contributed by atoms with Crippen molar-refractivity contribution in [2.75, 3.05) is 36.5 Å². The number of likely N-dealkylation sites (tertiary alicyclic amines) is 1. The highest BCUT2D eigenvalue weighted by Gasteiger charge is 2.51. The van der Waals surface area contributed by atoms with Crippen molar-refractivity contribution in [3.63, 3.8) is 0 Å². The first-order valence-corrected chi connectivity index (χ1v) is 17.9. The molecule has 12 heteroatoms. The smallest absolute Gasteiger partial charge is 0.346 e. The van der Waals surface area contributed by atoms with E-state index in [-0.39, 0.29) is 47.3 Å². The van der Waals surface area contributed by atoms with Gasteiger partial charge in [-0.05, 0) is 66.4 Å². The van der Waals surface area contributed by atoms with Crippen LogP contribution in [-0.2, 0) is 25.6 Å². The fourth-order valence-electron chi connectivity index (χ4n) is 7.91. The van der Waals surface area contributed by atoms with E-state index >= 15 is 0 Å². The van der Waals surface area contributed by atoms with Crippen LogP contribution in [0.25, 0.3) is 0 Å². The first kappa shape index (κ1) is 34.7. The van der Waals surface area contributed by atoms with Crippen LogP contribution in [0.3, 0.4) is 0 Å². The molecule has 3 fully saturated rings. The Kier molecular flexibility index (Phi) is 9.29. The zero-order valence-corrected chi connectivity index (χ0v) is 29.2. The average Bonchev–Trinajstić information content (AvgIpc) is 3.66. The molecule has 0 aromatic heterocycles. The van der Waals surface area contributed by atoms with Crippen molar-refractivity contribution in [1.82, 2.24) is 10.2 Å². The predicted octanol–water partition coefficient (Wildman–Crippen LogP) is 4.96. The lowest BCUT2D eigenvalue weighted by atomic mass is 9.84.